The van der Waals surface area contributed by atoms with Crippen molar-refractivity contribution in [2.75, 3.05) is 19.7 Å². The molecule has 136 valence electrons. The van der Waals surface area contributed by atoms with Crippen LogP contribution < -0.4 is 0 Å². The number of benzene rings is 1. The predicted octanol–water partition coefficient (Wildman–Crippen LogP) is 2.31. The molecular weight excluding hydrogens is 338 g/mol. The smallest absolute Gasteiger partial charge is 0.243 e. The van der Waals surface area contributed by atoms with Crippen LogP contribution in [0.5, 0.6) is 0 Å². The van der Waals surface area contributed by atoms with Crippen molar-refractivity contribution in [2.24, 2.45) is 7.05 Å². The molecular formula is C18H25N3O3S. The maximum absolute atomic E-state index is 13.1. The van der Waals surface area contributed by atoms with Crippen LogP contribution in [0.3, 0.4) is 0 Å². The van der Waals surface area contributed by atoms with Crippen molar-refractivity contribution in [2.45, 2.75) is 37.7 Å². The van der Waals surface area contributed by atoms with Gasteiger partial charge in [0.1, 0.15) is 0 Å². The van der Waals surface area contributed by atoms with Crippen LogP contribution in [-0.2, 0) is 34.6 Å². The summed E-state index contributed by atoms with van der Waals surface area (Å²) in [4.78, 5) is 0.369. The highest BCUT2D eigenvalue weighted by atomic mass is 32.2. The van der Waals surface area contributed by atoms with E-state index in [0.717, 1.165) is 24.0 Å². The highest BCUT2D eigenvalue weighted by Gasteiger charge is 2.32. The molecule has 0 aliphatic carbocycles. The average Bonchev–Trinajstić information content (AvgIpc) is 3.07. The molecule has 1 atom stereocenters. The van der Waals surface area contributed by atoms with Gasteiger partial charge in [-0.05, 0) is 36.1 Å². The molecule has 1 saturated heterocycles. The number of ether oxygens (including phenoxy) is 1. The Morgan fingerprint density at radius 3 is 2.64 bits per heavy atom. The largest absolute Gasteiger partial charge is 0.371 e. The van der Waals surface area contributed by atoms with Gasteiger partial charge in [-0.2, -0.15) is 9.40 Å². The zero-order valence-electron chi connectivity index (χ0n) is 15.0. The number of hydrogen-bond acceptors (Lipinski definition) is 4. The lowest BCUT2D eigenvalue weighted by Crippen LogP contribution is -2.42. The maximum atomic E-state index is 13.1. The predicted molar refractivity (Wildman–Crippen MR) is 95.9 cm³/mol. The van der Waals surface area contributed by atoms with E-state index in [1.54, 1.807) is 16.9 Å². The molecule has 2 heterocycles. The molecule has 1 unspecified atom stereocenters. The summed E-state index contributed by atoms with van der Waals surface area (Å²) in [5.41, 5.74) is 3.20. The van der Waals surface area contributed by atoms with Gasteiger partial charge in [0.25, 0.3) is 0 Å². The van der Waals surface area contributed by atoms with Crippen LogP contribution in [0.1, 0.15) is 36.6 Å². The fraction of sp³-hybridized carbons (Fsp3) is 0.500. The average molecular weight is 363 g/mol. The first-order valence-electron chi connectivity index (χ1n) is 8.67. The minimum absolute atomic E-state index is 0.280. The van der Waals surface area contributed by atoms with Gasteiger partial charge in [-0.15, -0.1) is 0 Å². The van der Waals surface area contributed by atoms with Gasteiger partial charge in [-0.3, -0.25) is 4.68 Å². The molecule has 1 fully saturated rings. The van der Waals surface area contributed by atoms with Crippen LogP contribution in [0.2, 0.25) is 0 Å². The second kappa shape index (κ2) is 7.27. The Morgan fingerprint density at radius 1 is 1.24 bits per heavy atom. The van der Waals surface area contributed by atoms with Crippen LogP contribution in [0.4, 0.5) is 0 Å². The zero-order chi connectivity index (χ0) is 18.0. The van der Waals surface area contributed by atoms with Gasteiger partial charge < -0.3 is 4.74 Å². The maximum Gasteiger partial charge on any atom is 0.243 e. The van der Waals surface area contributed by atoms with E-state index in [4.69, 9.17) is 4.74 Å². The third-order valence-electron chi connectivity index (χ3n) is 4.70. The van der Waals surface area contributed by atoms with E-state index < -0.39 is 10.0 Å². The summed E-state index contributed by atoms with van der Waals surface area (Å²) in [6, 6.07) is 5.48. The Labute approximate surface area is 149 Å². The molecule has 0 bridgehead atoms. The van der Waals surface area contributed by atoms with Gasteiger partial charge in [0.05, 0.1) is 23.8 Å². The summed E-state index contributed by atoms with van der Waals surface area (Å²) in [7, 11) is -1.69. The molecule has 0 radical (unpaired) electrons. The molecule has 3 rings (SSSR count). The number of rotatable bonds is 5. The van der Waals surface area contributed by atoms with E-state index in [-0.39, 0.29) is 6.10 Å². The van der Waals surface area contributed by atoms with Crippen molar-refractivity contribution < 1.29 is 13.2 Å². The third kappa shape index (κ3) is 3.63. The summed E-state index contributed by atoms with van der Waals surface area (Å²) in [5.74, 6) is 0. The Morgan fingerprint density at radius 2 is 2.00 bits per heavy atom. The van der Waals surface area contributed by atoms with Gasteiger partial charge in [0.15, 0.2) is 0 Å². The van der Waals surface area contributed by atoms with E-state index in [0.29, 0.717) is 24.6 Å². The van der Waals surface area contributed by atoms with Crippen LogP contribution in [-0.4, -0.2) is 42.2 Å². The summed E-state index contributed by atoms with van der Waals surface area (Å²) < 4.78 is 35.2. The quantitative estimate of drug-likeness (QED) is 0.818. The molecule has 7 heteroatoms. The normalized spacial score (nSPS) is 19.2. The number of nitrogens with zero attached hydrogens (tertiary/aromatic N) is 3. The van der Waals surface area contributed by atoms with Crippen molar-refractivity contribution in [1.82, 2.24) is 14.1 Å². The van der Waals surface area contributed by atoms with E-state index in [1.807, 2.05) is 25.4 Å². The van der Waals surface area contributed by atoms with Crippen LogP contribution in [0, 0.1) is 0 Å². The van der Waals surface area contributed by atoms with Crippen molar-refractivity contribution in [3.8, 4) is 0 Å². The van der Waals surface area contributed by atoms with Gasteiger partial charge in [-0.1, -0.05) is 19.9 Å². The number of hydrogen-bond donors (Lipinski definition) is 0. The Hall–Kier alpha value is -1.70. The molecule has 2 aromatic rings. The first-order valence-corrected chi connectivity index (χ1v) is 10.1. The molecule has 0 amide bonds. The summed E-state index contributed by atoms with van der Waals surface area (Å²) in [6.45, 7) is 5.20. The molecule has 1 aromatic heterocycles. The third-order valence-corrected chi connectivity index (χ3v) is 6.56. The lowest BCUT2D eigenvalue weighted by Gasteiger charge is -2.31. The lowest BCUT2D eigenvalue weighted by molar-refractivity contribution is -0.00259. The Bertz CT molecular complexity index is 845. The van der Waals surface area contributed by atoms with E-state index in [1.165, 1.54) is 9.87 Å². The standard InChI is InChI=1S/C18H25N3O3S/c1-4-14-6-7-17(10-15(14)5-2)25(22,23)21-8-9-24-18(13-21)16-11-19-20(3)12-16/h6-7,10-12,18H,4-5,8-9,13H2,1-3H3. The lowest BCUT2D eigenvalue weighted by atomic mass is 10.0. The highest BCUT2D eigenvalue weighted by molar-refractivity contribution is 7.89. The SMILES string of the molecule is CCc1ccc(S(=O)(=O)N2CCOC(c3cnn(C)c3)C2)cc1CC. The topological polar surface area (TPSA) is 64.4 Å². The summed E-state index contributed by atoms with van der Waals surface area (Å²) in [5, 5.41) is 4.15. The first kappa shape index (κ1) is 18.1. The van der Waals surface area contributed by atoms with Crippen LogP contribution in [0.25, 0.3) is 0 Å². The van der Waals surface area contributed by atoms with E-state index in [2.05, 4.69) is 18.9 Å². The second-order valence-corrected chi connectivity index (χ2v) is 8.25. The minimum atomic E-state index is -3.53. The second-order valence-electron chi connectivity index (χ2n) is 6.31. The molecule has 6 nitrogen and oxygen atoms in total. The molecule has 25 heavy (non-hydrogen) atoms. The fourth-order valence-electron chi connectivity index (χ4n) is 3.24. The summed E-state index contributed by atoms with van der Waals surface area (Å²) >= 11 is 0. The van der Waals surface area contributed by atoms with Crippen molar-refractivity contribution in [3.63, 3.8) is 0 Å². The van der Waals surface area contributed by atoms with Crippen LogP contribution in [0.15, 0.2) is 35.5 Å². The summed E-state index contributed by atoms with van der Waals surface area (Å²) in [6.07, 6.45) is 5.05. The van der Waals surface area contributed by atoms with E-state index in [9.17, 15) is 8.42 Å². The molecule has 0 saturated carbocycles. The number of aromatic nitrogens is 2. The molecule has 0 spiro atoms. The number of morpholine rings is 1. The van der Waals surface area contributed by atoms with Gasteiger partial charge in [0.2, 0.25) is 10.0 Å². The zero-order valence-corrected chi connectivity index (χ0v) is 15.8. The molecule has 1 aliphatic heterocycles. The first-order chi connectivity index (χ1) is 12.0. The highest BCUT2D eigenvalue weighted by Crippen LogP contribution is 2.27. The van der Waals surface area contributed by atoms with Gasteiger partial charge in [-0.25, -0.2) is 8.42 Å². The molecule has 0 N–H and O–H groups in total. The van der Waals surface area contributed by atoms with Crippen LogP contribution >= 0.6 is 0 Å². The Balaban J connectivity index is 1.86. The fourth-order valence-corrected chi connectivity index (χ4v) is 4.71. The van der Waals surface area contributed by atoms with Crippen molar-refractivity contribution in [1.29, 1.82) is 0 Å². The van der Waals surface area contributed by atoms with Crippen molar-refractivity contribution >= 4 is 10.0 Å². The van der Waals surface area contributed by atoms with Gasteiger partial charge in [0, 0.05) is 31.9 Å². The minimum Gasteiger partial charge on any atom is -0.371 e. The number of sulfonamides is 1. The Kier molecular flexibility index (Phi) is 5.27. The monoisotopic (exact) mass is 363 g/mol. The van der Waals surface area contributed by atoms with E-state index >= 15 is 0 Å². The van der Waals surface area contributed by atoms with Gasteiger partial charge >= 0.3 is 0 Å². The number of aryl methyl sites for hydroxylation is 3. The molecule has 1 aromatic carbocycles. The molecule has 1 aliphatic rings. The van der Waals surface area contributed by atoms with Crippen molar-refractivity contribution in [3.05, 3.63) is 47.3 Å².